The lowest BCUT2D eigenvalue weighted by Gasteiger charge is -2.39. The lowest BCUT2D eigenvalue weighted by atomic mass is 10.1. The number of anilines is 1. The summed E-state index contributed by atoms with van der Waals surface area (Å²) in [5.41, 5.74) is 1.24. The van der Waals surface area contributed by atoms with Crippen LogP contribution in [0, 0.1) is 0 Å². The van der Waals surface area contributed by atoms with Crippen molar-refractivity contribution in [1.29, 1.82) is 0 Å². The highest BCUT2D eigenvalue weighted by Gasteiger charge is 2.35. The Hall–Kier alpha value is -3.22. The van der Waals surface area contributed by atoms with Crippen LogP contribution in [0.25, 0.3) is 0 Å². The highest BCUT2D eigenvalue weighted by molar-refractivity contribution is 6.03. The van der Waals surface area contributed by atoms with Crippen LogP contribution >= 0.6 is 0 Å². The highest BCUT2D eigenvalue weighted by atomic mass is 16.5. The summed E-state index contributed by atoms with van der Waals surface area (Å²) in [7, 11) is 4.69. The Kier molecular flexibility index (Phi) is 5.73. The fourth-order valence-electron chi connectivity index (χ4n) is 3.30. The number of amides is 2. The number of carbonyl (C=O) groups excluding carboxylic acids is 2. The first-order valence-corrected chi connectivity index (χ1v) is 8.98. The number of rotatable bonds is 5. The molecule has 7 nitrogen and oxygen atoms in total. The van der Waals surface area contributed by atoms with E-state index in [0.717, 1.165) is 0 Å². The molecular formula is C21H24N2O5. The van der Waals surface area contributed by atoms with Gasteiger partial charge < -0.3 is 24.0 Å². The van der Waals surface area contributed by atoms with Crippen LogP contribution in [0.3, 0.4) is 0 Å². The van der Waals surface area contributed by atoms with Crippen LogP contribution in [0.1, 0.15) is 17.3 Å². The van der Waals surface area contributed by atoms with E-state index in [1.165, 1.54) is 0 Å². The lowest BCUT2D eigenvalue weighted by molar-refractivity contribution is -0.124. The third kappa shape index (κ3) is 3.60. The summed E-state index contributed by atoms with van der Waals surface area (Å²) in [6.07, 6.45) is 0. The molecular weight excluding hydrogens is 360 g/mol. The van der Waals surface area contributed by atoms with E-state index in [-0.39, 0.29) is 11.8 Å². The Morgan fingerprint density at radius 1 is 0.929 bits per heavy atom. The average Bonchev–Trinajstić information content (AvgIpc) is 2.74. The van der Waals surface area contributed by atoms with E-state index in [1.54, 1.807) is 74.5 Å². The van der Waals surface area contributed by atoms with E-state index in [2.05, 4.69) is 0 Å². The zero-order valence-corrected chi connectivity index (χ0v) is 16.5. The molecule has 0 saturated carbocycles. The Balaban J connectivity index is 1.78. The van der Waals surface area contributed by atoms with Crippen molar-refractivity contribution in [3.63, 3.8) is 0 Å². The molecule has 0 N–H and O–H groups in total. The van der Waals surface area contributed by atoms with Crippen LogP contribution < -0.4 is 19.1 Å². The largest absolute Gasteiger partial charge is 0.497 e. The van der Waals surface area contributed by atoms with Crippen LogP contribution in [-0.4, -0.2) is 57.2 Å². The quantitative estimate of drug-likeness (QED) is 0.793. The van der Waals surface area contributed by atoms with Gasteiger partial charge in [0.1, 0.15) is 11.8 Å². The van der Waals surface area contributed by atoms with E-state index in [4.69, 9.17) is 14.2 Å². The van der Waals surface area contributed by atoms with Gasteiger partial charge in [-0.15, -0.1) is 0 Å². The molecule has 0 bridgehead atoms. The molecule has 1 saturated heterocycles. The molecule has 28 heavy (non-hydrogen) atoms. The van der Waals surface area contributed by atoms with Crippen LogP contribution in [0.4, 0.5) is 5.69 Å². The fourth-order valence-corrected chi connectivity index (χ4v) is 3.30. The SMILES string of the molecule is COc1ccc(C(=O)N2CCN(c3ccc(OC)c(OC)c3)C(=O)[C@H]2C)cc1. The summed E-state index contributed by atoms with van der Waals surface area (Å²) in [6.45, 7) is 2.59. The smallest absolute Gasteiger partial charge is 0.254 e. The van der Waals surface area contributed by atoms with Gasteiger partial charge in [0.05, 0.1) is 21.3 Å². The number of ether oxygens (including phenoxy) is 3. The van der Waals surface area contributed by atoms with Gasteiger partial charge in [-0.25, -0.2) is 0 Å². The molecule has 0 aromatic heterocycles. The van der Waals surface area contributed by atoms with Crippen LogP contribution in [0.15, 0.2) is 42.5 Å². The van der Waals surface area contributed by atoms with Gasteiger partial charge in [0.2, 0.25) is 5.91 Å². The molecule has 0 aliphatic carbocycles. The summed E-state index contributed by atoms with van der Waals surface area (Å²) in [5, 5.41) is 0. The molecule has 0 spiro atoms. The fraction of sp³-hybridized carbons (Fsp3) is 0.333. The molecule has 1 aliphatic heterocycles. The Bertz CT molecular complexity index is 866. The number of nitrogens with zero attached hydrogens (tertiary/aromatic N) is 2. The van der Waals surface area contributed by atoms with Crippen molar-refractivity contribution in [3.05, 3.63) is 48.0 Å². The number of piperazine rings is 1. The van der Waals surface area contributed by atoms with E-state index < -0.39 is 6.04 Å². The third-order valence-corrected chi connectivity index (χ3v) is 4.93. The summed E-state index contributed by atoms with van der Waals surface area (Å²) in [6, 6.07) is 11.7. The van der Waals surface area contributed by atoms with Gasteiger partial charge >= 0.3 is 0 Å². The molecule has 1 atom stereocenters. The van der Waals surface area contributed by atoms with Crippen molar-refractivity contribution in [2.45, 2.75) is 13.0 Å². The summed E-state index contributed by atoms with van der Waals surface area (Å²) in [5.74, 6) is 1.52. The van der Waals surface area contributed by atoms with Crippen LogP contribution in [0.2, 0.25) is 0 Å². The molecule has 1 fully saturated rings. The normalized spacial score (nSPS) is 16.7. The Labute approximate surface area is 164 Å². The van der Waals surface area contributed by atoms with Crippen molar-refractivity contribution in [1.82, 2.24) is 4.90 Å². The molecule has 1 heterocycles. The van der Waals surface area contributed by atoms with Crippen molar-refractivity contribution in [2.75, 3.05) is 39.3 Å². The van der Waals surface area contributed by atoms with Crippen molar-refractivity contribution >= 4 is 17.5 Å². The zero-order valence-electron chi connectivity index (χ0n) is 16.5. The van der Waals surface area contributed by atoms with Gasteiger partial charge in [-0.2, -0.15) is 0 Å². The first-order valence-electron chi connectivity index (χ1n) is 8.98. The predicted octanol–water partition coefficient (Wildman–Crippen LogP) is 2.59. The second kappa shape index (κ2) is 8.21. The van der Waals surface area contributed by atoms with Crippen LogP contribution in [-0.2, 0) is 4.79 Å². The average molecular weight is 384 g/mol. The number of hydrogen-bond donors (Lipinski definition) is 0. The lowest BCUT2D eigenvalue weighted by Crippen LogP contribution is -2.57. The summed E-state index contributed by atoms with van der Waals surface area (Å²) < 4.78 is 15.7. The summed E-state index contributed by atoms with van der Waals surface area (Å²) in [4.78, 5) is 29.1. The minimum Gasteiger partial charge on any atom is -0.497 e. The van der Waals surface area contributed by atoms with Crippen molar-refractivity contribution in [3.8, 4) is 17.2 Å². The second-order valence-corrected chi connectivity index (χ2v) is 6.43. The molecule has 3 rings (SSSR count). The monoisotopic (exact) mass is 384 g/mol. The maximum Gasteiger partial charge on any atom is 0.254 e. The second-order valence-electron chi connectivity index (χ2n) is 6.43. The first-order chi connectivity index (χ1) is 13.5. The van der Waals surface area contributed by atoms with Crippen molar-refractivity contribution in [2.24, 2.45) is 0 Å². The van der Waals surface area contributed by atoms with Gasteiger partial charge in [-0.1, -0.05) is 0 Å². The molecule has 7 heteroatoms. The minimum atomic E-state index is -0.573. The number of carbonyl (C=O) groups is 2. The van der Waals surface area contributed by atoms with Crippen molar-refractivity contribution < 1.29 is 23.8 Å². The molecule has 2 aromatic carbocycles. The third-order valence-electron chi connectivity index (χ3n) is 4.93. The molecule has 2 amide bonds. The maximum atomic E-state index is 13.0. The Morgan fingerprint density at radius 3 is 2.21 bits per heavy atom. The van der Waals surface area contributed by atoms with E-state index in [9.17, 15) is 9.59 Å². The molecule has 0 radical (unpaired) electrons. The zero-order chi connectivity index (χ0) is 20.3. The molecule has 0 unspecified atom stereocenters. The Morgan fingerprint density at radius 2 is 1.61 bits per heavy atom. The highest BCUT2D eigenvalue weighted by Crippen LogP contribution is 2.32. The molecule has 1 aliphatic rings. The number of benzene rings is 2. The van der Waals surface area contributed by atoms with Gasteiger partial charge in [0.25, 0.3) is 5.91 Å². The first kappa shape index (κ1) is 19.5. The maximum absolute atomic E-state index is 13.0. The minimum absolute atomic E-state index is 0.139. The van der Waals surface area contributed by atoms with Gasteiger partial charge in [0.15, 0.2) is 11.5 Å². The number of hydrogen-bond acceptors (Lipinski definition) is 5. The van der Waals surface area contributed by atoms with Gasteiger partial charge in [-0.05, 0) is 43.3 Å². The van der Waals surface area contributed by atoms with Gasteiger partial charge in [-0.3, -0.25) is 9.59 Å². The number of methoxy groups -OCH3 is 3. The van der Waals surface area contributed by atoms with E-state index in [1.807, 2.05) is 6.07 Å². The van der Waals surface area contributed by atoms with Gasteiger partial charge in [0, 0.05) is 30.4 Å². The topological polar surface area (TPSA) is 68.3 Å². The molecule has 148 valence electrons. The summed E-state index contributed by atoms with van der Waals surface area (Å²) >= 11 is 0. The van der Waals surface area contributed by atoms with E-state index in [0.29, 0.717) is 41.6 Å². The standard InChI is InChI=1S/C21H24N2O5/c1-14-20(24)23(16-7-10-18(27-3)19(13-16)28-4)12-11-22(14)21(25)15-5-8-17(26-2)9-6-15/h5-10,13-14H,11-12H2,1-4H3/t14-/m1/s1. The van der Waals surface area contributed by atoms with E-state index >= 15 is 0 Å². The van der Waals surface area contributed by atoms with Crippen LogP contribution in [0.5, 0.6) is 17.2 Å². The molecule has 2 aromatic rings. The predicted molar refractivity (Wildman–Crippen MR) is 105 cm³/mol.